The standard InChI is InChI=1S/C11H11N5O3S2/c1-2-12-11-15-14-8(20-11)6-16-10(17)7-4-3-5-13-9(7)21(16,18)19/h3-5H,2,6H2,1H3,(H,12,15). The van der Waals surface area contributed by atoms with Gasteiger partial charge in [0.15, 0.2) is 5.03 Å². The van der Waals surface area contributed by atoms with Gasteiger partial charge in [0.2, 0.25) is 5.13 Å². The van der Waals surface area contributed by atoms with E-state index >= 15 is 0 Å². The molecular formula is C11H11N5O3S2. The first-order valence-corrected chi connectivity index (χ1v) is 8.38. The maximum absolute atomic E-state index is 12.3. The van der Waals surface area contributed by atoms with Crippen LogP contribution in [0.1, 0.15) is 22.3 Å². The zero-order chi connectivity index (χ0) is 15.0. The minimum Gasteiger partial charge on any atom is -0.360 e. The number of nitrogens with zero attached hydrogens (tertiary/aromatic N) is 4. The number of carbonyl (C=O) groups is 1. The number of carbonyl (C=O) groups excluding carboxylic acids is 1. The van der Waals surface area contributed by atoms with Crippen LogP contribution in [-0.2, 0) is 16.6 Å². The first-order valence-electron chi connectivity index (χ1n) is 6.12. The molecule has 0 saturated carbocycles. The third-order valence-electron chi connectivity index (χ3n) is 2.84. The maximum atomic E-state index is 12.3. The molecule has 1 N–H and O–H groups in total. The van der Waals surface area contributed by atoms with Crippen LogP contribution in [-0.4, -0.2) is 40.4 Å². The molecule has 0 unspecified atom stereocenters. The summed E-state index contributed by atoms with van der Waals surface area (Å²) < 4.78 is 25.4. The average molecular weight is 325 g/mol. The Balaban J connectivity index is 1.91. The van der Waals surface area contributed by atoms with Gasteiger partial charge >= 0.3 is 0 Å². The highest BCUT2D eigenvalue weighted by molar-refractivity contribution is 7.90. The third kappa shape index (κ3) is 2.25. The van der Waals surface area contributed by atoms with Gasteiger partial charge in [0, 0.05) is 12.7 Å². The van der Waals surface area contributed by atoms with Crippen molar-refractivity contribution in [1.29, 1.82) is 0 Å². The molecule has 0 aliphatic carbocycles. The van der Waals surface area contributed by atoms with Crippen molar-refractivity contribution in [3.63, 3.8) is 0 Å². The maximum Gasteiger partial charge on any atom is 0.285 e. The van der Waals surface area contributed by atoms with Crippen molar-refractivity contribution in [2.75, 3.05) is 11.9 Å². The minimum atomic E-state index is -3.91. The van der Waals surface area contributed by atoms with Crippen molar-refractivity contribution >= 4 is 32.4 Å². The van der Waals surface area contributed by atoms with Gasteiger partial charge in [-0.25, -0.2) is 9.29 Å². The lowest BCUT2D eigenvalue weighted by Gasteiger charge is -2.11. The predicted molar refractivity (Wildman–Crippen MR) is 75.4 cm³/mol. The number of rotatable bonds is 4. The molecule has 0 saturated heterocycles. The number of nitrogens with one attached hydrogen (secondary N) is 1. The summed E-state index contributed by atoms with van der Waals surface area (Å²) in [5.41, 5.74) is 0.0916. The Morgan fingerprint density at radius 3 is 2.90 bits per heavy atom. The van der Waals surface area contributed by atoms with Crippen LogP contribution < -0.4 is 5.32 Å². The van der Waals surface area contributed by atoms with Crippen molar-refractivity contribution in [1.82, 2.24) is 19.5 Å². The predicted octanol–water partition coefficient (Wildman–Crippen LogP) is 0.710. The number of sulfonamides is 1. The lowest BCUT2D eigenvalue weighted by molar-refractivity contribution is 0.0864. The lowest BCUT2D eigenvalue weighted by Crippen LogP contribution is -2.29. The summed E-state index contributed by atoms with van der Waals surface area (Å²) in [4.78, 5) is 16.0. The average Bonchev–Trinajstić information content (AvgIpc) is 2.98. The van der Waals surface area contributed by atoms with Crippen LogP contribution in [0.25, 0.3) is 0 Å². The molecule has 10 heteroatoms. The topological polar surface area (TPSA) is 105 Å². The van der Waals surface area contributed by atoms with Crippen molar-refractivity contribution in [2.24, 2.45) is 0 Å². The fourth-order valence-corrected chi connectivity index (χ4v) is 4.25. The Bertz CT molecular complexity index is 802. The molecule has 0 bridgehead atoms. The van der Waals surface area contributed by atoms with E-state index in [1.165, 1.54) is 29.7 Å². The molecule has 8 nitrogen and oxygen atoms in total. The van der Waals surface area contributed by atoms with Crippen LogP contribution in [0.2, 0.25) is 0 Å². The summed E-state index contributed by atoms with van der Waals surface area (Å²) >= 11 is 1.21. The summed E-state index contributed by atoms with van der Waals surface area (Å²) in [6.07, 6.45) is 1.35. The van der Waals surface area contributed by atoms with Gasteiger partial charge in [-0.15, -0.1) is 10.2 Å². The molecule has 0 atom stereocenters. The van der Waals surface area contributed by atoms with Gasteiger partial charge in [0.05, 0.1) is 12.1 Å². The van der Waals surface area contributed by atoms with Crippen molar-refractivity contribution in [2.45, 2.75) is 18.5 Å². The SMILES string of the molecule is CCNc1nnc(CN2C(=O)c3cccnc3S2(=O)=O)s1. The second kappa shape index (κ2) is 5.04. The van der Waals surface area contributed by atoms with Crippen LogP contribution >= 0.6 is 11.3 Å². The van der Waals surface area contributed by atoms with E-state index in [1.807, 2.05) is 6.92 Å². The number of amides is 1. The Hall–Kier alpha value is -2.07. The van der Waals surface area contributed by atoms with Crippen LogP contribution in [0.4, 0.5) is 5.13 Å². The monoisotopic (exact) mass is 325 g/mol. The molecule has 110 valence electrons. The zero-order valence-corrected chi connectivity index (χ0v) is 12.6. The molecule has 0 fully saturated rings. The summed E-state index contributed by atoms with van der Waals surface area (Å²) in [6, 6.07) is 2.98. The number of pyridine rings is 1. The van der Waals surface area contributed by atoms with E-state index in [9.17, 15) is 13.2 Å². The smallest absolute Gasteiger partial charge is 0.285 e. The second-order valence-electron chi connectivity index (χ2n) is 4.20. The summed E-state index contributed by atoms with van der Waals surface area (Å²) in [5.74, 6) is -0.585. The van der Waals surface area contributed by atoms with Crippen LogP contribution in [0.5, 0.6) is 0 Å². The van der Waals surface area contributed by atoms with E-state index < -0.39 is 15.9 Å². The molecule has 3 heterocycles. The van der Waals surface area contributed by atoms with Crippen molar-refractivity contribution in [3.05, 3.63) is 28.9 Å². The number of fused-ring (bicyclic) bond motifs is 1. The van der Waals surface area contributed by atoms with E-state index in [0.29, 0.717) is 16.7 Å². The zero-order valence-electron chi connectivity index (χ0n) is 11.0. The Morgan fingerprint density at radius 2 is 2.19 bits per heavy atom. The number of hydrogen-bond acceptors (Lipinski definition) is 8. The quantitative estimate of drug-likeness (QED) is 0.882. The van der Waals surface area contributed by atoms with Gasteiger partial charge in [-0.05, 0) is 19.1 Å². The van der Waals surface area contributed by atoms with Gasteiger partial charge in [0.25, 0.3) is 15.9 Å². The van der Waals surface area contributed by atoms with E-state index in [2.05, 4.69) is 20.5 Å². The van der Waals surface area contributed by atoms with E-state index in [4.69, 9.17) is 0 Å². The van der Waals surface area contributed by atoms with E-state index in [-0.39, 0.29) is 17.1 Å². The number of hydrogen-bond donors (Lipinski definition) is 1. The molecule has 2 aromatic heterocycles. The Kier molecular flexibility index (Phi) is 3.33. The first kappa shape index (κ1) is 13.9. The molecule has 0 radical (unpaired) electrons. The number of aromatic nitrogens is 3. The Labute approximate surface area is 124 Å². The van der Waals surface area contributed by atoms with E-state index in [1.54, 1.807) is 0 Å². The van der Waals surface area contributed by atoms with Gasteiger partial charge < -0.3 is 5.32 Å². The van der Waals surface area contributed by atoms with E-state index in [0.717, 1.165) is 4.31 Å². The van der Waals surface area contributed by atoms with Crippen molar-refractivity contribution in [3.8, 4) is 0 Å². The van der Waals surface area contributed by atoms with Gasteiger partial charge in [-0.1, -0.05) is 11.3 Å². The summed E-state index contributed by atoms with van der Waals surface area (Å²) in [6.45, 7) is 2.46. The molecule has 2 aromatic rings. The second-order valence-corrected chi connectivity index (χ2v) is 7.04. The fourth-order valence-electron chi connectivity index (χ4n) is 1.93. The molecule has 1 aliphatic rings. The van der Waals surface area contributed by atoms with Gasteiger partial charge in [0.1, 0.15) is 5.01 Å². The molecule has 21 heavy (non-hydrogen) atoms. The highest BCUT2D eigenvalue weighted by atomic mass is 32.2. The molecule has 0 spiro atoms. The first-order chi connectivity index (χ1) is 10.0. The van der Waals surface area contributed by atoms with Crippen LogP contribution in [0.3, 0.4) is 0 Å². The fraction of sp³-hybridized carbons (Fsp3) is 0.273. The molecule has 0 aromatic carbocycles. The number of anilines is 1. The highest BCUT2D eigenvalue weighted by Gasteiger charge is 2.42. The molecule has 3 rings (SSSR count). The lowest BCUT2D eigenvalue weighted by atomic mass is 10.3. The Morgan fingerprint density at radius 1 is 1.38 bits per heavy atom. The third-order valence-corrected chi connectivity index (χ3v) is 5.39. The summed E-state index contributed by atoms with van der Waals surface area (Å²) in [7, 11) is -3.91. The van der Waals surface area contributed by atoms with Crippen LogP contribution in [0, 0.1) is 0 Å². The van der Waals surface area contributed by atoms with Gasteiger partial charge in [-0.3, -0.25) is 4.79 Å². The van der Waals surface area contributed by atoms with Gasteiger partial charge in [-0.2, -0.15) is 8.42 Å². The van der Waals surface area contributed by atoms with Crippen LogP contribution in [0.15, 0.2) is 23.4 Å². The molecular weight excluding hydrogens is 314 g/mol. The van der Waals surface area contributed by atoms with Crippen molar-refractivity contribution < 1.29 is 13.2 Å². The molecule has 1 amide bonds. The molecule has 1 aliphatic heterocycles. The largest absolute Gasteiger partial charge is 0.360 e. The summed E-state index contributed by atoms with van der Waals surface area (Å²) in [5, 5.41) is 11.6. The normalized spacial score (nSPS) is 16.0. The highest BCUT2D eigenvalue weighted by Crippen LogP contribution is 2.30. The minimum absolute atomic E-state index is 0.0916.